The lowest BCUT2D eigenvalue weighted by molar-refractivity contribution is -0.142. The number of methoxy groups -OCH3 is 1. The number of benzene rings is 1. The molecule has 0 bridgehead atoms. The van der Waals surface area contributed by atoms with Crippen molar-refractivity contribution in [3.8, 4) is 5.75 Å². The lowest BCUT2D eigenvalue weighted by atomic mass is 10.0. The number of nitrogens with zero attached hydrogens (tertiary/aromatic N) is 1. The summed E-state index contributed by atoms with van der Waals surface area (Å²) in [6, 6.07) is 6.71. The summed E-state index contributed by atoms with van der Waals surface area (Å²) in [7, 11) is 1.64. The first kappa shape index (κ1) is 17.3. The summed E-state index contributed by atoms with van der Waals surface area (Å²) in [6.45, 7) is 3.40. The quantitative estimate of drug-likeness (QED) is 0.778. The van der Waals surface area contributed by atoms with Crippen LogP contribution in [-0.4, -0.2) is 54.8 Å². The number of carboxylic acid groups (broad SMARTS) is 1. The SMILES string of the molecule is COCCCOc1cccc(C(=O)N2CCC(C(=O)O)C2C)c1. The Balaban J connectivity index is 2.01. The third kappa shape index (κ3) is 4.22. The molecule has 2 unspecified atom stereocenters. The van der Waals surface area contributed by atoms with Crippen LogP contribution in [-0.2, 0) is 9.53 Å². The first-order valence-electron chi connectivity index (χ1n) is 7.80. The number of carbonyl (C=O) groups is 2. The zero-order valence-electron chi connectivity index (χ0n) is 13.5. The molecule has 0 radical (unpaired) electrons. The maximum Gasteiger partial charge on any atom is 0.308 e. The highest BCUT2D eigenvalue weighted by Crippen LogP contribution is 2.26. The van der Waals surface area contributed by atoms with E-state index in [0.29, 0.717) is 37.5 Å². The minimum absolute atomic E-state index is 0.149. The Bertz CT molecular complexity index is 560. The molecule has 2 rings (SSSR count). The van der Waals surface area contributed by atoms with Crippen LogP contribution in [0.4, 0.5) is 0 Å². The Labute approximate surface area is 136 Å². The number of amides is 1. The molecule has 1 aromatic rings. The van der Waals surface area contributed by atoms with Crippen LogP contribution in [0, 0.1) is 5.92 Å². The molecule has 0 spiro atoms. The van der Waals surface area contributed by atoms with Gasteiger partial charge in [0.05, 0.1) is 12.5 Å². The van der Waals surface area contributed by atoms with Gasteiger partial charge in [-0.15, -0.1) is 0 Å². The van der Waals surface area contributed by atoms with Gasteiger partial charge in [-0.25, -0.2) is 0 Å². The van der Waals surface area contributed by atoms with Crippen molar-refractivity contribution in [3.05, 3.63) is 29.8 Å². The van der Waals surface area contributed by atoms with Crippen LogP contribution in [0.1, 0.15) is 30.1 Å². The molecule has 1 fully saturated rings. The van der Waals surface area contributed by atoms with Crippen molar-refractivity contribution in [2.75, 3.05) is 26.9 Å². The fourth-order valence-corrected chi connectivity index (χ4v) is 2.83. The molecule has 126 valence electrons. The van der Waals surface area contributed by atoms with Crippen molar-refractivity contribution in [1.82, 2.24) is 4.90 Å². The molecule has 23 heavy (non-hydrogen) atoms. The number of aliphatic carboxylic acids is 1. The number of likely N-dealkylation sites (tertiary alicyclic amines) is 1. The molecule has 6 heteroatoms. The zero-order chi connectivity index (χ0) is 16.8. The smallest absolute Gasteiger partial charge is 0.308 e. The summed E-state index contributed by atoms with van der Waals surface area (Å²) in [5.41, 5.74) is 0.520. The largest absolute Gasteiger partial charge is 0.493 e. The van der Waals surface area contributed by atoms with Gasteiger partial charge in [0.15, 0.2) is 0 Å². The molecule has 1 aliphatic heterocycles. The van der Waals surface area contributed by atoms with Crippen molar-refractivity contribution in [1.29, 1.82) is 0 Å². The highest BCUT2D eigenvalue weighted by atomic mass is 16.5. The van der Waals surface area contributed by atoms with Crippen molar-refractivity contribution < 1.29 is 24.2 Å². The average molecular weight is 321 g/mol. The average Bonchev–Trinajstić information content (AvgIpc) is 2.93. The minimum Gasteiger partial charge on any atom is -0.493 e. The van der Waals surface area contributed by atoms with E-state index < -0.39 is 11.9 Å². The number of rotatable bonds is 7. The van der Waals surface area contributed by atoms with Crippen LogP contribution in [0.3, 0.4) is 0 Å². The molecular weight excluding hydrogens is 298 g/mol. The lowest BCUT2D eigenvalue weighted by Gasteiger charge is -2.23. The normalized spacial score (nSPS) is 20.5. The first-order chi connectivity index (χ1) is 11.0. The van der Waals surface area contributed by atoms with Crippen molar-refractivity contribution in [2.45, 2.75) is 25.8 Å². The molecular formula is C17H23NO5. The zero-order valence-corrected chi connectivity index (χ0v) is 13.5. The Kier molecular flexibility index (Phi) is 5.98. The number of ether oxygens (including phenoxy) is 2. The van der Waals surface area contributed by atoms with E-state index in [1.807, 2.05) is 0 Å². The second kappa shape index (κ2) is 7.97. The highest BCUT2D eigenvalue weighted by Gasteiger charge is 2.38. The summed E-state index contributed by atoms with van der Waals surface area (Å²) in [5, 5.41) is 9.17. The standard InChI is InChI=1S/C17H23NO5/c1-12-15(17(20)21)7-8-18(12)16(19)13-5-3-6-14(11-13)23-10-4-9-22-2/h3,5-6,11-12,15H,4,7-10H2,1-2H3,(H,20,21). The summed E-state index contributed by atoms with van der Waals surface area (Å²) >= 11 is 0. The molecule has 1 aromatic carbocycles. The van der Waals surface area contributed by atoms with Crippen LogP contribution < -0.4 is 4.74 Å². The van der Waals surface area contributed by atoms with Crippen LogP contribution in [0.25, 0.3) is 0 Å². The fourth-order valence-electron chi connectivity index (χ4n) is 2.83. The number of hydrogen-bond acceptors (Lipinski definition) is 4. The predicted octanol–water partition coefficient (Wildman–Crippen LogP) is 2.04. The van der Waals surface area contributed by atoms with Crippen LogP contribution in [0.5, 0.6) is 5.75 Å². The molecule has 1 aliphatic rings. The van der Waals surface area contributed by atoms with E-state index >= 15 is 0 Å². The lowest BCUT2D eigenvalue weighted by Crippen LogP contribution is -2.37. The highest BCUT2D eigenvalue weighted by molar-refractivity contribution is 5.95. The fraction of sp³-hybridized carbons (Fsp3) is 0.529. The van der Waals surface area contributed by atoms with Gasteiger partial charge >= 0.3 is 5.97 Å². The maximum absolute atomic E-state index is 12.6. The predicted molar refractivity (Wildman–Crippen MR) is 84.7 cm³/mol. The third-order valence-corrected chi connectivity index (χ3v) is 4.18. The Morgan fingerprint density at radius 1 is 1.35 bits per heavy atom. The molecule has 1 amide bonds. The molecule has 1 saturated heterocycles. The monoisotopic (exact) mass is 321 g/mol. The van der Waals surface area contributed by atoms with Crippen LogP contribution in [0.2, 0.25) is 0 Å². The molecule has 0 aromatic heterocycles. The van der Waals surface area contributed by atoms with E-state index in [2.05, 4.69) is 0 Å². The number of carbonyl (C=O) groups excluding carboxylic acids is 1. The van der Waals surface area contributed by atoms with Gasteiger partial charge in [0.1, 0.15) is 5.75 Å². The van der Waals surface area contributed by atoms with Gasteiger partial charge in [0, 0.05) is 38.3 Å². The third-order valence-electron chi connectivity index (χ3n) is 4.18. The minimum atomic E-state index is -0.844. The molecule has 0 saturated carbocycles. The van der Waals surface area contributed by atoms with Gasteiger partial charge in [0.25, 0.3) is 5.91 Å². The summed E-state index contributed by atoms with van der Waals surface area (Å²) in [5.74, 6) is -0.854. The van der Waals surface area contributed by atoms with Crippen molar-refractivity contribution >= 4 is 11.9 Å². The molecule has 1 heterocycles. The first-order valence-corrected chi connectivity index (χ1v) is 7.80. The van der Waals surface area contributed by atoms with Gasteiger partial charge in [-0.2, -0.15) is 0 Å². The van der Waals surface area contributed by atoms with Crippen molar-refractivity contribution in [2.24, 2.45) is 5.92 Å². The van der Waals surface area contributed by atoms with E-state index in [1.165, 1.54) is 0 Å². The van der Waals surface area contributed by atoms with Gasteiger partial charge in [-0.05, 0) is 31.5 Å². The van der Waals surface area contributed by atoms with Crippen molar-refractivity contribution in [3.63, 3.8) is 0 Å². The van der Waals surface area contributed by atoms with Crippen LogP contribution >= 0.6 is 0 Å². The molecule has 1 N–H and O–H groups in total. The molecule has 2 atom stereocenters. The van der Waals surface area contributed by atoms with Crippen LogP contribution in [0.15, 0.2) is 24.3 Å². The van der Waals surface area contributed by atoms with E-state index in [9.17, 15) is 14.7 Å². The number of carboxylic acids is 1. The maximum atomic E-state index is 12.6. The Morgan fingerprint density at radius 3 is 2.78 bits per heavy atom. The van der Waals surface area contributed by atoms with Gasteiger partial charge in [0.2, 0.25) is 0 Å². The second-order valence-electron chi connectivity index (χ2n) is 5.70. The van der Waals surface area contributed by atoms with E-state index in [0.717, 1.165) is 6.42 Å². The van der Waals surface area contributed by atoms with Gasteiger partial charge in [-0.3, -0.25) is 9.59 Å². The molecule has 6 nitrogen and oxygen atoms in total. The second-order valence-corrected chi connectivity index (χ2v) is 5.70. The number of hydrogen-bond donors (Lipinski definition) is 1. The topological polar surface area (TPSA) is 76.1 Å². The summed E-state index contributed by atoms with van der Waals surface area (Å²) in [6.07, 6.45) is 1.27. The van der Waals surface area contributed by atoms with E-state index in [-0.39, 0.29) is 11.9 Å². The van der Waals surface area contributed by atoms with Gasteiger partial charge in [-0.1, -0.05) is 6.07 Å². The summed E-state index contributed by atoms with van der Waals surface area (Å²) in [4.78, 5) is 25.4. The molecule has 0 aliphatic carbocycles. The Morgan fingerprint density at radius 2 is 2.13 bits per heavy atom. The van der Waals surface area contributed by atoms with Gasteiger partial charge < -0.3 is 19.5 Å². The Hall–Kier alpha value is -2.08. The van der Waals surface area contributed by atoms with E-state index in [4.69, 9.17) is 9.47 Å². The van der Waals surface area contributed by atoms with E-state index in [1.54, 1.807) is 43.2 Å². The summed E-state index contributed by atoms with van der Waals surface area (Å²) < 4.78 is 10.6.